The summed E-state index contributed by atoms with van der Waals surface area (Å²) in [6.45, 7) is 16.6. The Kier molecular flexibility index (Phi) is 9.51. The van der Waals surface area contributed by atoms with Crippen molar-refractivity contribution in [3.8, 4) is 0 Å². The summed E-state index contributed by atoms with van der Waals surface area (Å²) in [5, 5.41) is 3.52. The average molecular weight is 476 g/mol. The summed E-state index contributed by atoms with van der Waals surface area (Å²) in [6, 6.07) is 11.3. The van der Waals surface area contributed by atoms with Crippen LogP contribution in [0.5, 0.6) is 0 Å². The number of hydrogen-bond donors (Lipinski definition) is 1. The molecule has 0 bridgehead atoms. The summed E-state index contributed by atoms with van der Waals surface area (Å²) in [4.78, 5) is 13.9. The number of nitrogens with one attached hydrogen (secondary N) is 1. The lowest BCUT2D eigenvalue weighted by molar-refractivity contribution is -0.126. The van der Waals surface area contributed by atoms with E-state index in [0.717, 1.165) is 17.2 Å². The fourth-order valence-electron chi connectivity index (χ4n) is 6.26. The number of carbonyl (C=O) groups is 1. The van der Waals surface area contributed by atoms with Crippen LogP contribution in [0.3, 0.4) is 0 Å². The van der Waals surface area contributed by atoms with E-state index in [1.165, 1.54) is 0 Å². The molecule has 33 heavy (non-hydrogen) atoms. The molecule has 1 aromatic carbocycles. The Labute approximate surface area is 202 Å². The molecule has 0 saturated heterocycles. The number of carbonyl (C=O) groups excluding carboxylic acids is 1. The first-order valence-electron chi connectivity index (χ1n) is 12.2. The molecular weight excluding hydrogens is 430 g/mol. The molecule has 186 valence electrons. The van der Waals surface area contributed by atoms with E-state index in [1.807, 2.05) is 25.1 Å². The van der Waals surface area contributed by atoms with E-state index >= 15 is 0 Å². The highest BCUT2D eigenvalue weighted by Crippen LogP contribution is 2.53. The quantitative estimate of drug-likeness (QED) is 0.301. The molecule has 0 spiro atoms. The van der Waals surface area contributed by atoms with E-state index in [4.69, 9.17) is 14.2 Å². The lowest BCUT2D eigenvalue weighted by atomic mass is 9.79. The minimum Gasteiger partial charge on any atom is -0.493 e. The van der Waals surface area contributed by atoms with Crippen LogP contribution in [-0.2, 0) is 19.0 Å². The van der Waals surface area contributed by atoms with Crippen LogP contribution >= 0.6 is 0 Å². The second kappa shape index (κ2) is 11.3. The minimum absolute atomic E-state index is 0.0129. The molecule has 0 amide bonds. The number of Topliss-reactive ketones (excluding diaryl/α,β-unsaturated/α-hetero) is 1. The zero-order chi connectivity index (χ0) is 25.0. The highest BCUT2D eigenvalue weighted by molar-refractivity contribution is 6.84. The normalized spacial score (nSPS) is 21.9. The molecule has 1 N–H and O–H groups in total. The van der Waals surface area contributed by atoms with Gasteiger partial charge in [-0.15, -0.1) is 0 Å². The smallest absolute Gasteiger partial charge is 0.217 e. The zero-order valence-corrected chi connectivity index (χ0v) is 23.3. The molecular formula is C27H45NO4Si. The van der Waals surface area contributed by atoms with Crippen LogP contribution in [-0.4, -0.2) is 53.6 Å². The van der Waals surface area contributed by atoms with Crippen molar-refractivity contribution in [3.05, 3.63) is 47.2 Å². The predicted octanol–water partition coefficient (Wildman–Crippen LogP) is 5.90. The van der Waals surface area contributed by atoms with Gasteiger partial charge in [-0.3, -0.25) is 10.1 Å². The summed E-state index contributed by atoms with van der Waals surface area (Å²) >= 11 is 0. The van der Waals surface area contributed by atoms with Crippen LogP contribution in [0.25, 0.3) is 0 Å². The van der Waals surface area contributed by atoms with Crippen molar-refractivity contribution in [2.24, 2.45) is 0 Å². The molecule has 1 aliphatic rings. The first-order chi connectivity index (χ1) is 15.5. The molecule has 0 unspecified atom stereocenters. The van der Waals surface area contributed by atoms with Crippen LogP contribution in [0.2, 0.25) is 22.7 Å². The van der Waals surface area contributed by atoms with Gasteiger partial charge in [0.25, 0.3) is 0 Å². The van der Waals surface area contributed by atoms with Crippen LogP contribution in [0.15, 0.2) is 41.7 Å². The number of ketones is 1. The van der Waals surface area contributed by atoms with Crippen LogP contribution in [0, 0.1) is 0 Å². The predicted molar refractivity (Wildman–Crippen MR) is 138 cm³/mol. The molecule has 0 aliphatic heterocycles. The molecule has 1 aliphatic carbocycles. The van der Waals surface area contributed by atoms with Gasteiger partial charge in [-0.2, -0.15) is 0 Å². The SMILES string of the molecule is COC1=C(C[Si](C(C)C)(C(C)C)C(C)C)[C@@H](c2ccccc2)[C@](C)(NCC(OC)OC)C1=O. The third kappa shape index (κ3) is 5.14. The molecule has 0 fully saturated rings. The van der Waals surface area contributed by atoms with Gasteiger partial charge in [0, 0.05) is 26.7 Å². The van der Waals surface area contributed by atoms with Gasteiger partial charge >= 0.3 is 0 Å². The monoisotopic (exact) mass is 475 g/mol. The highest BCUT2D eigenvalue weighted by atomic mass is 28.3. The maximum atomic E-state index is 13.9. The van der Waals surface area contributed by atoms with E-state index < -0.39 is 19.9 Å². The van der Waals surface area contributed by atoms with Crippen molar-refractivity contribution in [1.29, 1.82) is 0 Å². The van der Waals surface area contributed by atoms with Gasteiger partial charge < -0.3 is 14.2 Å². The van der Waals surface area contributed by atoms with E-state index in [-0.39, 0.29) is 11.7 Å². The highest BCUT2D eigenvalue weighted by Gasteiger charge is 2.55. The van der Waals surface area contributed by atoms with Gasteiger partial charge in [-0.1, -0.05) is 88.5 Å². The van der Waals surface area contributed by atoms with Crippen LogP contribution in [0.1, 0.15) is 59.9 Å². The fraction of sp³-hybridized carbons (Fsp3) is 0.667. The number of hydrogen-bond acceptors (Lipinski definition) is 5. The maximum Gasteiger partial charge on any atom is 0.217 e. The molecule has 0 radical (unpaired) electrons. The van der Waals surface area contributed by atoms with E-state index in [0.29, 0.717) is 28.9 Å². The molecule has 0 aromatic heterocycles. The van der Waals surface area contributed by atoms with Crippen molar-refractivity contribution in [1.82, 2.24) is 5.32 Å². The lowest BCUT2D eigenvalue weighted by Crippen LogP contribution is -2.54. The largest absolute Gasteiger partial charge is 0.493 e. The van der Waals surface area contributed by atoms with Crippen LogP contribution < -0.4 is 5.32 Å². The Morgan fingerprint density at radius 1 is 0.939 bits per heavy atom. The van der Waals surface area contributed by atoms with E-state index in [1.54, 1.807) is 21.3 Å². The van der Waals surface area contributed by atoms with Gasteiger partial charge in [-0.05, 0) is 24.1 Å². The first kappa shape index (κ1) is 27.8. The topological polar surface area (TPSA) is 56.8 Å². The summed E-state index contributed by atoms with van der Waals surface area (Å²) in [6.07, 6.45) is -0.434. The summed E-state index contributed by atoms with van der Waals surface area (Å²) in [5.74, 6) is 0.432. The second-order valence-electron chi connectivity index (χ2n) is 10.5. The number of benzene rings is 1. The van der Waals surface area contributed by atoms with E-state index in [2.05, 4.69) is 59.0 Å². The standard InChI is InChI=1S/C27H45NO4Si/c1-18(2)33(19(3)4,20(5)6)17-22-24(21-14-12-11-13-15-21)27(7,26(29)25(22)32-10)28-16-23(30-8)31-9/h11-15,18-20,23-24,28H,16-17H2,1-10H3/t24-,27+/m1/s1. The molecule has 2 rings (SSSR count). The Balaban J connectivity index is 2.67. The van der Waals surface area contributed by atoms with Gasteiger partial charge in [-0.25, -0.2) is 0 Å². The molecule has 0 heterocycles. The van der Waals surface area contributed by atoms with Crippen molar-refractivity contribution in [3.63, 3.8) is 0 Å². The second-order valence-corrected chi connectivity index (χ2v) is 16.5. The maximum absolute atomic E-state index is 13.9. The Morgan fingerprint density at radius 2 is 1.45 bits per heavy atom. The lowest BCUT2D eigenvalue weighted by Gasteiger charge is -2.45. The molecule has 2 atom stereocenters. The number of methoxy groups -OCH3 is 3. The number of ether oxygens (including phenoxy) is 3. The molecule has 6 heteroatoms. The Morgan fingerprint density at radius 3 is 1.88 bits per heavy atom. The van der Waals surface area contributed by atoms with Gasteiger partial charge in [0.15, 0.2) is 12.0 Å². The first-order valence-corrected chi connectivity index (χ1v) is 14.6. The third-order valence-electron chi connectivity index (χ3n) is 8.12. The zero-order valence-electron chi connectivity index (χ0n) is 22.3. The fourth-order valence-corrected chi connectivity index (χ4v) is 12.5. The molecule has 0 saturated carbocycles. The third-order valence-corrected chi connectivity index (χ3v) is 15.6. The van der Waals surface area contributed by atoms with Crippen molar-refractivity contribution >= 4 is 13.9 Å². The van der Waals surface area contributed by atoms with Gasteiger partial charge in [0.2, 0.25) is 5.78 Å². The number of rotatable bonds is 12. The van der Waals surface area contributed by atoms with Crippen molar-refractivity contribution < 1.29 is 19.0 Å². The van der Waals surface area contributed by atoms with Gasteiger partial charge in [0.1, 0.15) is 0 Å². The van der Waals surface area contributed by atoms with Crippen LogP contribution in [0.4, 0.5) is 0 Å². The van der Waals surface area contributed by atoms with Crippen molar-refractivity contribution in [2.45, 2.75) is 88.9 Å². The molecule has 5 nitrogen and oxygen atoms in total. The summed E-state index contributed by atoms with van der Waals surface area (Å²) < 4.78 is 16.7. The Bertz CT molecular complexity index is 795. The summed E-state index contributed by atoms with van der Waals surface area (Å²) in [7, 11) is 3.02. The Hall–Kier alpha value is -1.47. The van der Waals surface area contributed by atoms with Crippen molar-refractivity contribution in [2.75, 3.05) is 27.9 Å². The van der Waals surface area contributed by atoms with E-state index in [9.17, 15) is 4.79 Å². The average Bonchev–Trinajstić information content (AvgIpc) is 2.98. The molecule has 1 aromatic rings. The van der Waals surface area contributed by atoms with Gasteiger partial charge in [0.05, 0.1) is 20.7 Å². The minimum atomic E-state index is -1.84. The summed E-state index contributed by atoms with van der Waals surface area (Å²) in [5.41, 5.74) is 3.19.